The average Bonchev–Trinajstić information content (AvgIpc) is 2.38. The molecule has 7 nitrogen and oxygen atoms in total. The first-order valence-electron chi connectivity index (χ1n) is 5.30. The maximum Gasteiger partial charge on any atom is 0.387 e. The van der Waals surface area contributed by atoms with Crippen molar-refractivity contribution >= 4 is 12.2 Å². The fourth-order valence-electron chi connectivity index (χ4n) is 1.34. The highest BCUT2D eigenvalue weighted by molar-refractivity contribution is 5.83. The smallest absolute Gasteiger partial charge is 0.387 e. The van der Waals surface area contributed by atoms with Crippen molar-refractivity contribution in [3.63, 3.8) is 0 Å². The van der Waals surface area contributed by atoms with Crippen molar-refractivity contribution in [2.75, 3.05) is 14.2 Å². The number of methoxy groups -OCH3 is 2. The van der Waals surface area contributed by atoms with E-state index in [1.807, 2.05) is 0 Å². The van der Waals surface area contributed by atoms with E-state index in [0.717, 1.165) is 0 Å². The van der Waals surface area contributed by atoms with E-state index in [0.29, 0.717) is 5.56 Å². The van der Waals surface area contributed by atoms with Crippen molar-refractivity contribution in [3.05, 3.63) is 17.7 Å². The molecule has 0 amide bonds. The first-order valence-corrected chi connectivity index (χ1v) is 5.30. The van der Waals surface area contributed by atoms with Gasteiger partial charge in [-0.2, -0.15) is 13.9 Å². The third kappa shape index (κ3) is 4.26. The number of alkyl halides is 2. The van der Waals surface area contributed by atoms with Crippen molar-refractivity contribution in [1.82, 2.24) is 0 Å². The van der Waals surface area contributed by atoms with E-state index in [9.17, 15) is 8.78 Å². The Morgan fingerprint density at radius 3 is 2.15 bits per heavy atom. The lowest BCUT2D eigenvalue weighted by Crippen LogP contribution is -2.21. The van der Waals surface area contributed by atoms with Crippen molar-refractivity contribution in [2.24, 2.45) is 21.7 Å². The van der Waals surface area contributed by atoms with Crippen molar-refractivity contribution in [1.29, 1.82) is 0 Å². The van der Waals surface area contributed by atoms with E-state index in [1.165, 1.54) is 32.6 Å². The molecule has 0 aliphatic carbocycles. The SMILES string of the molecule is COc1cc(/C=N\N=C(N)N)cc(OC)c1OC(F)F. The summed E-state index contributed by atoms with van der Waals surface area (Å²) in [6.07, 6.45) is 1.30. The summed E-state index contributed by atoms with van der Waals surface area (Å²) in [7, 11) is 2.62. The minimum atomic E-state index is -3.00. The highest BCUT2D eigenvalue weighted by atomic mass is 19.3. The van der Waals surface area contributed by atoms with Gasteiger partial charge >= 0.3 is 6.61 Å². The Morgan fingerprint density at radius 1 is 1.20 bits per heavy atom. The molecule has 0 aromatic heterocycles. The number of nitrogens with zero attached hydrogens (tertiary/aromatic N) is 2. The molecule has 0 saturated heterocycles. The van der Waals surface area contributed by atoms with Crippen LogP contribution in [0.25, 0.3) is 0 Å². The molecule has 0 spiro atoms. The predicted molar refractivity (Wildman–Crippen MR) is 69.6 cm³/mol. The summed E-state index contributed by atoms with van der Waals surface area (Å²) < 4.78 is 39.0. The molecule has 20 heavy (non-hydrogen) atoms. The highest BCUT2D eigenvalue weighted by Crippen LogP contribution is 2.39. The third-order valence-corrected chi connectivity index (χ3v) is 2.07. The predicted octanol–water partition coefficient (Wildman–Crippen LogP) is 0.912. The molecule has 9 heteroatoms. The zero-order chi connectivity index (χ0) is 15.1. The fourth-order valence-corrected chi connectivity index (χ4v) is 1.34. The maximum absolute atomic E-state index is 12.3. The summed E-state index contributed by atoms with van der Waals surface area (Å²) >= 11 is 0. The molecular formula is C11H14F2N4O3. The maximum atomic E-state index is 12.3. The molecule has 1 rings (SSSR count). The lowest BCUT2D eigenvalue weighted by Gasteiger charge is -2.14. The summed E-state index contributed by atoms with van der Waals surface area (Å²) in [5.41, 5.74) is 10.7. The number of ether oxygens (including phenoxy) is 3. The second-order valence-electron chi connectivity index (χ2n) is 3.40. The molecule has 0 atom stereocenters. The number of guanidine groups is 1. The first-order chi connectivity index (χ1) is 9.47. The molecule has 4 N–H and O–H groups in total. The van der Waals surface area contributed by atoms with E-state index in [-0.39, 0.29) is 23.2 Å². The molecule has 0 radical (unpaired) electrons. The minimum absolute atomic E-state index is 0.0656. The van der Waals surface area contributed by atoms with Crippen LogP contribution >= 0.6 is 0 Å². The van der Waals surface area contributed by atoms with Gasteiger partial charge < -0.3 is 25.7 Å². The number of nitrogens with two attached hydrogens (primary N) is 2. The van der Waals surface area contributed by atoms with Crippen LogP contribution in [-0.2, 0) is 0 Å². The van der Waals surface area contributed by atoms with Crippen LogP contribution in [0.5, 0.6) is 17.2 Å². The number of halogens is 2. The van der Waals surface area contributed by atoms with Crippen molar-refractivity contribution in [2.45, 2.75) is 6.61 Å². The lowest BCUT2D eigenvalue weighted by molar-refractivity contribution is -0.0526. The van der Waals surface area contributed by atoms with Crippen LogP contribution in [-0.4, -0.2) is 33.0 Å². The molecule has 0 unspecified atom stereocenters. The number of rotatable bonds is 6. The Balaban J connectivity index is 3.18. The molecule has 0 bridgehead atoms. The molecule has 0 heterocycles. The first kappa shape index (κ1) is 15.5. The molecule has 110 valence electrons. The quantitative estimate of drug-likeness (QED) is 0.460. The highest BCUT2D eigenvalue weighted by Gasteiger charge is 2.17. The number of hydrogen-bond acceptors (Lipinski definition) is 5. The summed E-state index contributed by atoms with van der Waals surface area (Å²) in [4.78, 5) is 0. The molecule has 1 aromatic carbocycles. The van der Waals surface area contributed by atoms with Gasteiger partial charge in [0.25, 0.3) is 0 Å². The van der Waals surface area contributed by atoms with Gasteiger partial charge in [-0.1, -0.05) is 0 Å². The molecular weight excluding hydrogens is 274 g/mol. The molecule has 0 aliphatic rings. The van der Waals surface area contributed by atoms with Crippen LogP contribution in [0.1, 0.15) is 5.56 Å². The number of benzene rings is 1. The number of hydrogen-bond donors (Lipinski definition) is 2. The monoisotopic (exact) mass is 288 g/mol. The van der Waals surface area contributed by atoms with E-state index in [2.05, 4.69) is 14.9 Å². The van der Waals surface area contributed by atoms with Crippen LogP contribution in [0.15, 0.2) is 22.3 Å². The van der Waals surface area contributed by atoms with Crippen LogP contribution in [0.2, 0.25) is 0 Å². The summed E-state index contributed by atoms with van der Waals surface area (Å²) in [5, 5.41) is 7.01. The van der Waals surface area contributed by atoms with Crippen molar-refractivity contribution in [3.8, 4) is 17.2 Å². The third-order valence-electron chi connectivity index (χ3n) is 2.07. The summed E-state index contributed by atoms with van der Waals surface area (Å²) in [6.45, 7) is -3.00. The van der Waals surface area contributed by atoms with Gasteiger partial charge in [-0.15, -0.1) is 5.10 Å². The van der Waals surface area contributed by atoms with Gasteiger partial charge in [0.05, 0.1) is 20.4 Å². The second-order valence-corrected chi connectivity index (χ2v) is 3.40. The van der Waals surface area contributed by atoms with E-state index in [4.69, 9.17) is 20.9 Å². The second kappa shape index (κ2) is 7.12. The van der Waals surface area contributed by atoms with Crippen LogP contribution in [0.3, 0.4) is 0 Å². The van der Waals surface area contributed by atoms with Gasteiger partial charge in [0.15, 0.2) is 11.5 Å². The normalized spacial score (nSPS) is 10.7. The van der Waals surface area contributed by atoms with Gasteiger partial charge in [0, 0.05) is 5.56 Å². The minimum Gasteiger partial charge on any atom is -0.493 e. The molecule has 0 saturated carbocycles. The lowest BCUT2D eigenvalue weighted by atomic mass is 10.2. The average molecular weight is 288 g/mol. The Bertz CT molecular complexity index is 491. The zero-order valence-electron chi connectivity index (χ0n) is 10.8. The van der Waals surface area contributed by atoms with Crippen LogP contribution in [0, 0.1) is 0 Å². The Morgan fingerprint density at radius 2 is 1.75 bits per heavy atom. The van der Waals surface area contributed by atoms with Gasteiger partial charge in [0.1, 0.15) is 0 Å². The Kier molecular flexibility index (Phi) is 5.51. The molecule has 0 fully saturated rings. The van der Waals surface area contributed by atoms with Gasteiger partial charge in [-0.25, -0.2) is 0 Å². The fraction of sp³-hybridized carbons (Fsp3) is 0.273. The van der Waals surface area contributed by atoms with E-state index < -0.39 is 6.61 Å². The van der Waals surface area contributed by atoms with Gasteiger partial charge in [-0.05, 0) is 12.1 Å². The largest absolute Gasteiger partial charge is 0.493 e. The zero-order valence-corrected chi connectivity index (χ0v) is 10.8. The van der Waals surface area contributed by atoms with Crippen molar-refractivity contribution < 1.29 is 23.0 Å². The van der Waals surface area contributed by atoms with Gasteiger partial charge in [0.2, 0.25) is 11.7 Å². The van der Waals surface area contributed by atoms with E-state index in [1.54, 1.807) is 0 Å². The van der Waals surface area contributed by atoms with Gasteiger partial charge in [-0.3, -0.25) is 0 Å². The Hall–Kier alpha value is -2.58. The van der Waals surface area contributed by atoms with Crippen LogP contribution < -0.4 is 25.7 Å². The van der Waals surface area contributed by atoms with Crippen LogP contribution in [0.4, 0.5) is 8.78 Å². The summed E-state index contributed by atoms with van der Waals surface area (Å²) in [5.74, 6) is -0.284. The Labute approximate surface area is 113 Å². The summed E-state index contributed by atoms with van der Waals surface area (Å²) in [6, 6.07) is 2.85. The standard InChI is InChI=1S/C11H14F2N4O3/c1-18-7-3-6(5-16-17-11(14)15)4-8(19-2)9(7)20-10(12)13/h3-5,10H,1-2H3,(H4,14,15,17)/b16-5-. The molecule has 0 aliphatic heterocycles. The van der Waals surface area contributed by atoms with E-state index >= 15 is 0 Å². The molecule has 1 aromatic rings. The topological polar surface area (TPSA) is 104 Å².